The Morgan fingerprint density at radius 1 is 1.20 bits per heavy atom. The smallest absolute Gasteiger partial charge is 0.123 e. The largest absolute Gasteiger partial charge is 0.496 e. The lowest BCUT2D eigenvalue weighted by atomic mass is 10.1. The molecule has 2 aromatic rings. The topological polar surface area (TPSA) is 12.5 Å². The molecule has 0 spiro atoms. The van der Waals surface area contributed by atoms with Crippen LogP contribution in [0.15, 0.2) is 18.2 Å². The van der Waals surface area contributed by atoms with Crippen molar-refractivity contribution < 1.29 is 4.74 Å². The molecule has 0 aliphatic heterocycles. The lowest BCUT2D eigenvalue weighted by Gasteiger charge is -2.06. The van der Waals surface area contributed by atoms with Gasteiger partial charge in [0.05, 0.1) is 12.1 Å². The van der Waals surface area contributed by atoms with E-state index in [1.165, 1.54) is 20.7 Å². The molecule has 0 N–H and O–H groups in total. The van der Waals surface area contributed by atoms with E-state index in [0.717, 1.165) is 5.75 Å². The van der Waals surface area contributed by atoms with E-state index in [1.807, 2.05) is 0 Å². The summed E-state index contributed by atoms with van der Waals surface area (Å²) in [5.41, 5.74) is 1.19. The van der Waals surface area contributed by atoms with E-state index in [-0.39, 0.29) is 0 Å². The molecule has 0 bridgehead atoms. The Morgan fingerprint density at radius 2 is 1.93 bits per heavy atom. The predicted octanol–water partition coefficient (Wildman–Crippen LogP) is 3.28. The lowest BCUT2D eigenvalue weighted by molar-refractivity contribution is 0.412. The van der Waals surface area contributed by atoms with Crippen LogP contribution in [0.5, 0.6) is 5.75 Å². The standard InChI is InChI=1S/C12H15NOS/c1-8-5-9-6-12(13(2)3)15-11(9)7-10(8)14-4/h5-7H,1-4H3. The molecule has 0 aliphatic rings. The minimum absolute atomic E-state index is 0.967. The third kappa shape index (κ3) is 1.79. The fraction of sp³-hybridized carbons (Fsp3) is 0.333. The van der Waals surface area contributed by atoms with E-state index < -0.39 is 0 Å². The van der Waals surface area contributed by atoms with Crippen molar-refractivity contribution in [3.8, 4) is 5.75 Å². The molecule has 2 nitrogen and oxygen atoms in total. The van der Waals surface area contributed by atoms with E-state index >= 15 is 0 Å². The number of methoxy groups -OCH3 is 1. The molecule has 15 heavy (non-hydrogen) atoms. The van der Waals surface area contributed by atoms with Crippen molar-refractivity contribution in [2.45, 2.75) is 6.92 Å². The highest BCUT2D eigenvalue weighted by Gasteiger charge is 2.06. The van der Waals surface area contributed by atoms with Gasteiger partial charge in [-0.15, -0.1) is 11.3 Å². The Balaban J connectivity index is 2.61. The van der Waals surface area contributed by atoms with Crippen molar-refractivity contribution in [2.75, 3.05) is 26.1 Å². The quantitative estimate of drug-likeness (QED) is 0.771. The zero-order chi connectivity index (χ0) is 11.0. The summed E-state index contributed by atoms with van der Waals surface area (Å²) in [7, 11) is 5.85. The second-order valence-electron chi connectivity index (χ2n) is 3.84. The number of rotatable bonds is 2. The fourth-order valence-corrected chi connectivity index (χ4v) is 2.60. The van der Waals surface area contributed by atoms with E-state index in [1.54, 1.807) is 18.4 Å². The van der Waals surface area contributed by atoms with Gasteiger partial charge in [0.15, 0.2) is 0 Å². The molecule has 0 saturated heterocycles. The van der Waals surface area contributed by atoms with Gasteiger partial charge >= 0.3 is 0 Å². The maximum Gasteiger partial charge on any atom is 0.123 e. The number of ether oxygens (including phenoxy) is 1. The predicted molar refractivity (Wildman–Crippen MR) is 67.4 cm³/mol. The Labute approximate surface area is 94.1 Å². The Hall–Kier alpha value is -1.22. The molecule has 2 rings (SSSR count). The minimum Gasteiger partial charge on any atom is -0.496 e. The minimum atomic E-state index is 0.967. The van der Waals surface area contributed by atoms with Crippen molar-refractivity contribution >= 4 is 26.4 Å². The Morgan fingerprint density at radius 3 is 2.53 bits per heavy atom. The van der Waals surface area contributed by atoms with Gasteiger partial charge in [-0.05, 0) is 36.1 Å². The molecule has 1 aromatic carbocycles. The maximum atomic E-state index is 5.32. The second-order valence-corrected chi connectivity index (χ2v) is 4.90. The van der Waals surface area contributed by atoms with Crippen molar-refractivity contribution in [3.05, 3.63) is 23.8 Å². The maximum absolute atomic E-state index is 5.32. The fourth-order valence-electron chi connectivity index (χ4n) is 1.61. The number of fused-ring (bicyclic) bond motifs is 1. The van der Waals surface area contributed by atoms with Crippen LogP contribution in [-0.2, 0) is 0 Å². The molecule has 0 aliphatic carbocycles. The molecule has 80 valence electrons. The number of anilines is 1. The first-order valence-electron chi connectivity index (χ1n) is 4.87. The molecule has 0 saturated carbocycles. The Bertz CT molecular complexity index is 488. The van der Waals surface area contributed by atoms with Gasteiger partial charge in [0.25, 0.3) is 0 Å². The van der Waals surface area contributed by atoms with E-state index in [9.17, 15) is 0 Å². The number of hydrogen-bond acceptors (Lipinski definition) is 3. The molecule has 3 heteroatoms. The Kier molecular flexibility index (Phi) is 2.57. The summed E-state index contributed by atoms with van der Waals surface area (Å²) in [5, 5.41) is 2.57. The van der Waals surface area contributed by atoms with Gasteiger partial charge in [-0.25, -0.2) is 0 Å². The van der Waals surface area contributed by atoms with Crippen LogP contribution in [-0.4, -0.2) is 21.2 Å². The summed E-state index contributed by atoms with van der Waals surface area (Å²) in [6, 6.07) is 6.51. The molecule has 1 heterocycles. The summed E-state index contributed by atoms with van der Waals surface area (Å²) in [4.78, 5) is 2.13. The third-order valence-electron chi connectivity index (χ3n) is 2.46. The lowest BCUT2D eigenvalue weighted by Crippen LogP contribution is -2.05. The highest BCUT2D eigenvalue weighted by molar-refractivity contribution is 7.22. The average Bonchev–Trinajstić information content (AvgIpc) is 2.59. The van der Waals surface area contributed by atoms with Crippen LogP contribution >= 0.6 is 11.3 Å². The number of thiophene rings is 1. The molecule has 0 unspecified atom stereocenters. The first kappa shape index (κ1) is 10.3. The van der Waals surface area contributed by atoms with Gasteiger partial charge in [-0.2, -0.15) is 0 Å². The third-order valence-corrected chi connectivity index (χ3v) is 3.73. The van der Waals surface area contributed by atoms with Crippen molar-refractivity contribution in [3.63, 3.8) is 0 Å². The van der Waals surface area contributed by atoms with Gasteiger partial charge < -0.3 is 9.64 Å². The number of aryl methyl sites for hydroxylation is 1. The zero-order valence-corrected chi connectivity index (χ0v) is 10.3. The van der Waals surface area contributed by atoms with Crippen molar-refractivity contribution in [1.82, 2.24) is 0 Å². The van der Waals surface area contributed by atoms with Crippen molar-refractivity contribution in [2.24, 2.45) is 0 Å². The highest BCUT2D eigenvalue weighted by Crippen LogP contribution is 2.35. The van der Waals surface area contributed by atoms with Crippen LogP contribution in [0.25, 0.3) is 10.1 Å². The van der Waals surface area contributed by atoms with Crippen LogP contribution < -0.4 is 9.64 Å². The number of hydrogen-bond donors (Lipinski definition) is 0. The highest BCUT2D eigenvalue weighted by atomic mass is 32.1. The monoisotopic (exact) mass is 221 g/mol. The van der Waals surface area contributed by atoms with Crippen molar-refractivity contribution in [1.29, 1.82) is 0 Å². The van der Waals surface area contributed by atoms with E-state index in [2.05, 4.69) is 44.1 Å². The summed E-state index contributed by atoms with van der Waals surface area (Å²) in [6.45, 7) is 2.07. The van der Waals surface area contributed by atoms with E-state index in [4.69, 9.17) is 4.74 Å². The van der Waals surface area contributed by atoms with Crippen LogP contribution in [0.2, 0.25) is 0 Å². The molecule has 0 atom stereocenters. The van der Waals surface area contributed by atoms with Gasteiger partial charge in [0.1, 0.15) is 5.75 Å². The normalized spacial score (nSPS) is 10.7. The summed E-state index contributed by atoms with van der Waals surface area (Å²) >= 11 is 1.79. The molecule has 0 fully saturated rings. The zero-order valence-electron chi connectivity index (χ0n) is 9.50. The van der Waals surface area contributed by atoms with Gasteiger partial charge in [-0.3, -0.25) is 0 Å². The van der Waals surface area contributed by atoms with Crippen LogP contribution in [0.4, 0.5) is 5.00 Å². The molecular weight excluding hydrogens is 206 g/mol. The van der Waals surface area contributed by atoms with Crippen LogP contribution in [0.3, 0.4) is 0 Å². The van der Waals surface area contributed by atoms with Crippen LogP contribution in [0.1, 0.15) is 5.56 Å². The number of benzene rings is 1. The number of nitrogens with zero attached hydrogens (tertiary/aromatic N) is 1. The summed E-state index contributed by atoms with van der Waals surface area (Å²) in [5.74, 6) is 0.967. The summed E-state index contributed by atoms with van der Waals surface area (Å²) in [6.07, 6.45) is 0. The summed E-state index contributed by atoms with van der Waals surface area (Å²) < 4.78 is 6.59. The van der Waals surface area contributed by atoms with Crippen LogP contribution in [0, 0.1) is 6.92 Å². The van der Waals surface area contributed by atoms with Gasteiger partial charge in [0, 0.05) is 18.8 Å². The average molecular weight is 221 g/mol. The van der Waals surface area contributed by atoms with Gasteiger partial charge in [0.2, 0.25) is 0 Å². The van der Waals surface area contributed by atoms with E-state index in [0.29, 0.717) is 0 Å². The molecular formula is C12H15NOS. The van der Waals surface area contributed by atoms with Gasteiger partial charge in [-0.1, -0.05) is 0 Å². The SMILES string of the molecule is COc1cc2sc(N(C)C)cc2cc1C. The first-order valence-corrected chi connectivity index (χ1v) is 5.69. The molecule has 1 aromatic heterocycles. The first-order chi connectivity index (χ1) is 7.11. The molecule has 0 amide bonds. The second kappa shape index (κ2) is 3.74. The molecule has 0 radical (unpaired) electrons.